The lowest BCUT2D eigenvalue weighted by Gasteiger charge is -2.16. The first kappa shape index (κ1) is 20.3. The van der Waals surface area contributed by atoms with Gasteiger partial charge in [0.05, 0.1) is 4.90 Å². The number of sulfonamides is 1. The first-order valence-corrected chi connectivity index (χ1v) is 9.91. The van der Waals surface area contributed by atoms with Gasteiger partial charge in [-0.1, -0.05) is 40.2 Å². The second kappa shape index (κ2) is 8.57. The standard InChI is InChI=1S/C18H18BrNO5S/c1-13(21)15-5-9-17(10-6-15)26(23,24)20(2)11-18(22)25-12-14-3-7-16(19)8-4-14/h3-10H,11-12H2,1-2H3. The van der Waals surface area contributed by atoms with Crippen LogP contribution in [0.25, 0.3) is 0 Å². The lowest BCUT2D eigenvalue weighted by atomic mass is 10.2. The van der Waals surface area contributed by atoms with Crippen molar-refractivity contribution in [3.63, 3.8) is 0 Å². The van der Waals surface area contributed by atoms with Gasteiger partial charge in [0.1, 0.15) is 13.2 Å². The maximum Gasteiger partial charge on any atom is 0.321 e. The third kappa shape index (κ3) is 5.23. The van der Waals surface area contributed by atoms with Gasteiger partial charge in [0.15, 0.2) is 5.78 Å². The Morgan fingerprint density at radius 1 is 1.04 bits per heavy atom. The number of Topliss-reactive ketones (excluding diaryl/α,β-unsaturated/α-hetero) is 1. The van der Waals surface area contributed by atoms with Crippen molar-refractivity contribution in [3.05, 3.63) is 64.1 Å². The molecule has 8 heteroatoms. The average Bonchev–Trinajstić information content (AvgIpc) is 2.61. The van der Waals surface area contributed by atoms with Gasteiger partial charge in [0.25, 0.3) is 0 Å². The Hall–Kier alpha value is -2.03. The SMILES string of the molecule is CC(=O)c1ccc(S(=O)(=O)N(C)CC(=O)OCc2ccc(Br)cc2)cc1. The summed E-state index contributed by atoms with van der Waals surface area (Å²) in [6.07, 6.45) is 0. The Bertz CT molecular complexity index is 892. The summed E-state index contributed by atoms with van der Waals surface area (Å²) >= 11 is 3.31. The number of ketones is 1. The molecule has 0 heterocycles. The van der Waals surface area contributed by atoms with Crippen molar-refractivity contribution in [1.29, 1.82) is 0 Å². The van der Waals surface area contributed by atoms with Gasteiger partial charge in [0, 0.05) is 17.1 Å². The Kier molecular flexibility index (Phi) is 6.69. The largest absolute Gasteiger partial charge is 0.460 e. The van der Waals surface area contributed by atoms with Gasteiger partial charge in [-0.2, -0.15) is 4.31 Å². The van der Waals surface area contributed by atoms with E-state index in [0.717, 1.165) is 14.3 Å². The fraction of sp³-hybridized carbons (Fsp3) is 0.222. The molecule has 0 bridgehead atoms. The number of rotatable bonds is 7. The minimum atomic E-state index is -3.85. The van der Waals surface area contributed by atoms with Crippen LogP contribution in [0.4, 0.5) is 0 Å². The Morgan fingerprint density at radius 3 is 2.15 bits per heavy atom. The number of benzene rings is 2. The first-order chi connectivity index (χ1) is 12.2. The molecule has 0 N–H and O–H groups in total. The van der Waals surface area contributed by atoms with Crippen molar-refractivity contribution >= 4 is 37.7 Å². The predicted molar refractivity (Wildman–Crippen MR) is 100 cm³/mol. The van der Waals surface area contributed by atoms with Crippen molar-refractivity contribution in [3.8, 4) is 0 Å². The van der Waals surface area contributed by atoms with Crippen LogP contribution in [0.15, 0.2) is 57.9 Å². The first-order valence-electron chi connectivity index (χ1n) is 7.67. The molecule has 0 spiro atoms. The molecule has 0 unspecified atom stereocenters. The molecule has 138 valence electrons. The molecule has 2 rings (SSSR count). The molecule has 0 aliphatic heterocycles. The zero-order valence-corrected chi connectivity index (χ0v) is 16.7. The second-order valence-corrected chi connectivity index (χ2v) is 8.59. The van der Waals surface area contributed by atoms with E-state index in [1.165, 1.54) is 38.2 Å². The molecule has 2 aromatic rings. The molecule has 0 saturated heterocycles. The van der Waals surface area contributed by atoms with E-state index in [2.05, 4.69) is 15.9 Å². The van der Waals surface area contributed by atoms with E-state index in [0.29, 0.717) is 5.56 Å². The molecule has 6 nitrogen and oxygen atoms in total. The summed E-state index contributed by atoms with van der Waals surface area (Å²) in [6.45, 7) is 1.05. The van der Waals surface area contributed by atoms with Gasteiger partial charge in [-0.05, 0) is 36.8 Å². The fourth-order valence-corrected chi connectivity index (χ4v) is 3.48. The predicted octanol–water partition coefficient (Wildman–Crippen LogP) is 3.02. The van der Waals surface area contributed by atoms with Crippen LogP contribution in [-0.4, -0.2) is 38.1 Å². The minimum Gasteiger partial charge on any atom is -0.460 e. The number of carbonyl (C=O) groups is 2. The molecule has 0 fully saturated rings. The zero-order valence-electron chi connectivity index (χ0n) is 14.3. The second-order valence-electron chi connectivity index (χ2n) is 5.63. The van der Waals surface area contributed by atoms with Crippen molar-refractivity contribution in [1.82, 2.24) is 4.31 Å². The lowest BCUT2D eigenvalue weighted by molar-refractivity contribution is -0.144. The summed E-state index contributed by atoms with van der Waals surface area (Å²) < 4.78 is 31.9. The quantitative estimate of drug-likeness (QED) is 0.489. The molecular weight excluding hydrogens is 422 g/mol. The summed E-state index contributed by atoms with van der Waals surface area (Å²) in [5.41, 5.74) is 1.22. The fourth-order valence-electron chi connectivity index (χ4n) is 2.10. The van der Waals surface area contributed by atoms with Crippen LogP contribution in [0.2, 0.25) is 0 Å². The summed E-state index contributed by atoms with van der Waals surface area (Å²) in [5, 5.41) is 0. The average molecular weight is 440 g/mol. The normalized spacial score (nSPS) is 11.4. The van der Waals surface area contributed by atoms with Crippen LogP contribution in [0.5, 0.6) is 0 Å². The maximum atomic E-state index is 12.5. The van der Waals surface area contributed by atoms with Crippen molar-refractivity contribution < 1.29 is 22.7 Å². The summed E-state index contributed by atoms with van der Waals surface area (Å²) in [4.78, 5) is 23.2. The van der Waals surface area contributed by atoms with Crippen molar-refractivity contribution in [2.45, 2.75) is 18.4 Å². The highest BCUT2D eigenvalue weighted by Gasteiger charge is 2.23. The van der Waals surface area contributed by atoms with E-state index in [9.17, 15) is 18.0 Å². The van der Waals surface area contributed by atoms with Crippen LogP contribution in [0.3, 0.4) is 0 Å². The van der Waals surface area contributed by atoms with Gasteiger partial charge in [-0.15, -0.1) is 0 Å². The number of carbonyl (C=O) groups excluding carboxylic acids is 2. The number of halogens is 1. The minimum absolute atomic E-state index is 0.00529. The summed E-state index contributed by atoms with van der Waals surface area (Å²) in [6, 6.07) is 12.8. The van der Waals surface area contributed by atoms with E-state index < -0.39 is 22.5 Å². The molecule has 0 saturated carbocycles. The number of ether oxygens (including phenoxy) is 1. The molecule has 0 amide bonds. The molecule has 0 aliphatic carbocycles. The molecule has 2 aromatic carbocycles. The Labute approximate surface area is 161 Å². The number of esters is 1. The van der Waals surface area contributed by atoms with Gasteiger partial charge in [-0.25, -0.2) is 8.42 Å². The Balaban J connectivity index is 1.98. The number of likely N-dealkylation sites (N-methyl/N-ethyl adjacent to an activating group) is 1. The van der Waals surface area contributed by atoms with Gasteiger partial charge in [-0.3, -0.25) is 9.59 Å². The van der Waals surface area contributed by atoms with Crippen molar-refractivity contribution in [2.75, 3.05) is 13.6 Å². The van der Waals surface area contributed by atoms with E-state index >= 15 is 0 Å². The molecular formula is C18H18BrNO5S. The smallest absolute Gasteiger partial charge is 0.321 e. The van der Waals surface area contributed by atoms with Gasteiger partial charge in [0.2, 0.25) is 10.0 Å². The number of hydrogen-bond acceptors (Lipinski definition) is 5. The summed E-state index contributed by atoms with van der Waals surface area (Å²) in [7, 11) is -2.55. The van der Waals surface area contributed by atoms with E-state index in [4.69, 9.17) is 4.74 Å². The highest BCUT2D eigenvalue weighted by atomic mass is 79.9. The third-order valence-corrected chi connectivity index (χ3v) is 5.98. The molecule has 0 aliphatic rings. The molecule has 26 heavy (non-hydrogen) atoms. The van der Waals surface area contributed by atoms with Crippen LogP contribution in [0.1, 0.15) is 22.8 Å². The van der Waals surface area contributed by atoms with Crippen LogP contribution >= 0.6 is 15.9 Å². The van der Waals surface area contributed by atoms with Crippen LogP contribution in [0, 0.1) is 0 Å². The van der Waals surface area contributed by atoms with Crippen LogP contribution < -0.4 is 0 Å². The molecule has 0 radical (unpaired) electrons. The highest BCUT2D eigenvalue weighted by molar-refractivity contribution is 9.10. The van der Waals surface area contributed by atoms with E-state index in [-0.39, 0.29) is 17.3 Å². The zero-order chi connectivity index (χ0) is 19.3. The third-order valence-electron chi connectivity index (χ3n) is 3.63. The van der Waals surface area contributed by atoms with Gasteiger partial charge < -0.3 is 4.74 Å². The van der Waals surface area contributed by atoms with E-state index in [1.54, 1.807) is 12.1 Å². The molecule has 0 aromatic heterocycles. The molecule has 0 atom stereocenters. The highest BCUT2D eigenvalue weighted by Crippen LogP contribution is 2.16. The van der Waals surface area contributed by atoms with E-state index in [1.807, 2.05) is 12.1 Å². The van der Waals surface area contributed by atoms with Crippen molar-refractivity contribution in [2.24, 2.45) is 0 Å². The van der Waals surface area contributed by atoms with Gasteiger partial charge >= 0.3 is 5.97 Å². The maximum absolute atomic E-state index is 12.5. The Morgan fingerprint density at radius 2 is 1.62 bits per heavy atom. The van der Waals surface area contributed by atoms with Crippen LogP contribution in [-0.2, 0) is 26.2 Å². The summed E-state index contributed by atoms with van der Waals surface area (Å²) in [5.74, 6) is -0.807. The number of hydrogen-bond donors (Lipinski definition) is 0. The number of nitrogens with zero attached hydrogens (tertiary/aromatic N) is 1. The topological polar surface area (TPSA) is 80.8 Å². The lowest BCUT2D eigenvalue weighted by Crippen LogP contribution is -2.33. The monoisotopic (exact) mass is 439 g/mol.